The summed E-state index contributed by atoms with van der Waals surface area (Å²) in [5, 5.41) is 2.40. The molecule has 0 spiro atoms. The fourth-order valence-corrected chi connectivity index (χ4v) is 4.85. The number of carbonyl (C=O) groups is 1. The highest BCUT2D eigenvalue weighted by Gasteiger charge is 2.40. The second-order valence-electron chi connectivity index (χ2n) is 5.72. The number of benzene rings is 1. The van der Waals surface area contributed by atoms with E-state index in [1.807, 2.05) is 0 Å². The van der Waals surface area contributed by atoms with Gasteiger partial charge in [-0.15, -0.1) is 11.6 Å². The van der Waals surface area contributed by atoms with Crippen LogP contribution in [0.25, 0.3) is 0 Å². The van der Waals surface area contributed by atoms with Crippen LogP contribution < -0.4 is 10.1 Å². The number of carbonyl (C=O) groups excluding carboxylic acids is 1. The first-order valence-corrected chi connectivity index (χ1v) is 9.33. The van der Waals surface area contributed by atoms with Crippen LogP contribution in [0.5, 0.6) is 5.75 Å². The predicted molar refractivity (Wildman–Crippen MR) is 86.4 cm³/mol. The van der Waals surface area contributed by atoms with Crippen molar-refractivity contribution in [3.8, 4) is 5.75 Å². The Bertz CT molecular complexity index is 675. The maximum atomic E-state index is 12.4. The third-order valence-corrected chi connectivity index (χ3v) is 6.04. The van der Waals surface area contributed by atoms with Gasteiger partial charge in [-0.25, -0.2) is 8.42 Å². The number of amides is 1. The smallest absolute Gasteiger partial charge is 0.263 e. The van der Waals surface area contributed by atoms with E-state index in [1.54, 1.807) is 38.1 Å². The molecular formula is C14H17Cl2NO4S. The molecule has 1 aromatic carbocycles. The van der Waals surface area contributed by atoms with Crippen LogP contribution in [-0.2, 0) is 14.6 Å². The normalized spacial score (nSPS) is 24.0. The summed E-state index contributed by atoms with van der Waals surface area (Å²) in [5.41, 5.74) is -1.21. The molecule has 1 fully saturated rings. The lowest BCUT2D eigenvalue weighted by Crippen LogP contribution is -2.52. The zero-order valence-corrected chi connectivity index (χ0v) is 14.5. The standard InChI is InChI=1S/C14H17Cl2NO4S/c1-14(2,21-12-6-4-3-5-9(12)15)13(18)17-11-8-22(19,20)7-10(11)16/h3-6,10-11H,7-8H2,1-2H3,(H,17,18). The van der Waals surface area contributed by atoms with Crippen molar-refractivity contribution in [2.75, 3.05) is 11.5 Å². The first kappa shape index (κ1) is 17.4. The van der Waals surface area contributed by atoms with Crippen LogP contribution in [-0.4, -0.2) is 42.9 Å². The maximum absolute atomic E-state index is 12.4. The largest absolute Gasteiger partial charge is 0.476 e. The molecule has 1 aromatic rings. The molecule has 5 nitrogen and oxygen atoms in total. The van der Waals surface area contributed by atoms with Crippen LogP contribution in [0.1, 0.15) is 13.8 Å². The van der Waals surface area contributed by atoms with E-state index in [-0.39, 0.29) is 11.5 Å². The molecular weight excluding hydrogens is 349 g/mol. The van der Waals surface area contributed by atoms with Gasteiger partial charge in [-0.3, -0.25) is 4.79 Å². The van der Waals surface area contributed by atoms with E-state index in [0.717, 1.165) is 0 Å². The van der Waals surface area contributed by atoms with Crippen LogP contribution in [0.2, 0.25) is 5.02 Å². The maximum Gasteiger partial charge on any atom is 0.263 e. The Morgan fingerprint density at radius 3 is 2.50 bits per heavy atom. The van der Waals surface area contributed by atoms with E-state index in [2.05, 4.69) is 5.32 Å². The van der Waals surface area contributed by atoms with Gasteiger partial charge in [0.2, 0.25) is 0 Å². The second-order valence-corrected chi connectivity index (χ2v) is 8.84. The minimum Gasteiger partial charge on any atom is -0.476 e. The molecule has 0 aliphatic carbocycles. The third kappa shape index (κ3) is 4.06. The van der Waals surface area contributed by atoms with Gasteiger partial charge in [0, 0.05) is 0 Å². The van der Waals surface area contributed by atoms with Crippen molar-refractivity contribution in [1.29, 1.82) is 0 Å². The third-order valence-electron chi connectivity index (χ3n) is 3.35. The van der Waals surface area contributed by atoms with Crippen LogP contribution >= 0.6 is 23.2 Å². The van der Waals surface area contributed by atoms with Crippen molar-refractivity contribution in [1.82, 2.24) is 5.32 Å². The molecule has 8 heteroatoms. The molecule has 2 rings (SSSR count). The number of ether oxygens (including phenoxy) is 1. The molecule has 122 valence electrons. The summed E-state index contributed by atoms with van der Waals surface area (Å²) in [6.45, 7) is 3.16. The van der Waals surface area contributed by atoms with Gasteiger partial charge < -0.3 is 10.1 Å². The van der Waals surface area contributed by atoms with Crippen molar-refractivity contribution >= 4 is 38.9 Å². The average Bonchev–Trinajstić information content (AvgIpc) is 2.65. The molecule has 1 aliphatic heterocycles. The molecule has 1 N–H and O–H groups in total. The molecule has 0 bridgehead atoms. The lowest BCUT2D eigenvalue weighted by atomic mass is 10.1. The van der Waals surface area contributed by atoms with Gasteiger partial charge >= 0.3 is 0 Å². The van der Waals surface area contributed by atoms with Crippen molar-refractivity contribution in [3.05, 3.63) is 29.3 Å². The van der Waals surface area contributed by atoms with Crippen LogP contribution in [0.3, 0.4) is 0 Å². The number of hydrogen-bond donors (Lipinski definition) is 1. The summed E-state index contributed by atoms with van der Waals surface area (Å²) >= 11 is 12.0. The fourth-order valence-electron chi connectivity index (χ4n) is 2.13. The number of alkyl halides is 1. The zero-order valence-electron chi connectivity index (χ0n) is 12.2. The summed E-state index contributed by atoms with van der Waals surface area (Å²) in [6, 6.07) is 6.19. The first-order valence-electron chi connectivity index (χ1n) is 6.70. The number of sulfone groups is 1. The fraction of sp³-hybridized carbons (Fsp3) is 0.500. The number of para-hydroxylation sites is 1. The van der Waals surface area contributed by atoms with Gasteiger partial charge in [0.15, 0.2) is 15.4 Å². The Balaban J connectivity index is 2.06. The Morgan fingerprint density at radius 2 is 1.95 bits per heavy atom. The molecule has 1 saturated heterocycles. The number of hydrogen-bond acceptors (Lipinski definition) is 4. The van der Waals surface area contributed by atoms with Crippen LogP contribution in [0.15, 0.2) is 24.3 Å². The summed E-state index contributed by atoms with van der Waals surface area (Å²) in [6.07, 6.45) is 0. The lowest BCUT2D eigenvalue weighted by Gasteiger charge is -2.28. The van der Waals surface area contributed by atoms with E-state index in [4.69, 9.17) is 27.9 Å². The quantitative estimate of drug-likeness (QED) is 0.828. The molecule has 1 amide bonds. The molecule has 0 aromatic heterocycles. The van der Waals surface area contributed by atoms with Gasteiger partial charge in [0.05, 0.1) is 27.9 Å². The Hall–Kier alpha value is -0.980. The van der Waals surface area contributed by atoms with Crippen LogP contribution in [0, 0.1) is 0 Å². The van der Waals surface area contributed by atoms with E-state index < -0.39 is 32.8 Å². The van der Waals surface area contributed by atoms with Crippen molar-refractivity contribution in [3.63, 3.8) is 0 Å². The highest BCUT2D eigenvalue weighted by atomic mass is 35.5. The monoisotopic (exact) mass is 365 g/mol. The molecule has 1 heterocycles. The molecule has 22 heavy (non-hydrogen) atoms. The molecule has 0 saturated carbocycles. The van der Waals surface area contributed by atoms with E-state index in [9.17, 15) is 13.2 Å². The SMILES string of the molecule is CC(C)(Oc1ccccc1Cl)C(=O)NC1CS(=O)(=O)CC1Cl. The van der Waals surface area contributed by atoms with Gasteiger partial charge in [-0.05, 0) is 26.0 Å². The van der Waals surface area contributed by atoms with E-state index in [0.29, 0.717) is 10.8 Å². The summed E-state index contributed by atoms with van der Waals surface area (Å²) in [7, 11) is -3.21. The van der Waals surface area contributed by atoms with Crippen molar-refractivity contribution in [2.45, 2.75) is 30.9 Å². The topological polar surface area (TPSA) is 72.5 Å². The summed E-state index contributed by atoms with van der Waals surface area (Å²) in [5.74, 6) is -0.355. The zero-order chi connectivity index (χ0) is 16.5. The van der Waals surface area contributed by atoms with Crippen molar-refractivity contribution in [2.24, 2.45) is 0 Å². The minimum atomic E-state index is -3.21. The van der Waals surface area contributed by atoms with Gasteiger partial charge in [-0.2, -0.15) is 0 Å². The molecule has 2 atom stereocenters. The van der Waals surface area contributed by atoms with Crippen LogP contribution in [0.4, 0.5) is 0 Å². The highest BCUT2D eigenvalue weighted by Crippen LogP contribution is 2.27. The molecule has 1 aliphatic rings. The Morgan fingerprint density at radius 1 is 1.32 bits per heavy atom. The molecule has 2 unspecified atom stereocenters. The number of halogens is 2. The lowest BCUT2D eigenvalue weighted by molar-refractivity contribution is -0.134. The predicted octanol–water partition coefficient (Wildman–Crippen LogP) is 2.02. The Kier molecular flexibility index (Phi) is 4.94. The highest BCUT2D eigenvalue weighted by molar-refractivity contribution is 7.91. The van der Waals surface area contributed by atoms with Gasteiger partial charge in [-0.1, -0.05) is 23.7 Å². The van der Waals surface area contributed by atoms with E-state index in [1.165, 1.54) is 0 Å². The van der Waals surface area contributed by atoms with Gasteiger partial charge in [0.1, 0.15) is 5.75 Å². The first-order chi connectivity index (χ1) is 10.1. The van der Waals surface area contributed by atoms with E-state index >= 15 is 0 Å². The minimum absolute atomic E-state index is 0.134. The summed E-state index contributed by atoms with van der Waals surface area (Å²) in [4.78, 5) is 12.4. The second kappa shape index (κ2) is 6.26. The number of nitrogens with one attached hydrogen (secondary N) is 1. The Labute approximate surface area is 139 Å². The van der Waals surface area contributed by atoms with Crippen molar-refractivity contribution < 1.29 is 17.9 Å². The number of rotatable bonds is 4. The molecule has 0 radical (unpaired) electrons. The average molecular weight is 366 g/mol. The summed E-state index contributed by atoms with van der Waals surface area (Å²) < 4.78 is 28.7. The van der Waals surface area contributed by atoms with Gasteiger partial charge in [0.25, 0.3) is 5.91 Å².